The van der Waals surface area contributed by atoms with Crippen LogP contribution in [0.5, 0.6) is 0 Å². The summed E-state index contributed by atoms with van der Waals surface area (Å²) in [7, 11) is 2.71. The average molecular weight is 317 g/mol. The lowest BCUT2D eigenvalue weighted by atomic mass is 10.3. The van der Waals surface area contributed by atoms with Crippen LogP contribution in [-0.4, -0.2) is 37.9 Å². The van der Waals surface area contributed by atoms with Crippen molar-refractivity contribution < 1.29 is 18.0 Å². The molecule has 2 rings (SSSR count). The van der Waals surface area contributed by atoms with E-state index < -0.39 is 11.9 Å². The van der Waals surface area contributed by atoms with E-state index in [0.29, 0.717) is 5.69 Å². The molecule has 2 aromatic rings. The lowest BCUT2D eigenvalue weighted by Gasteiger charge is -2.04. The van der Waals surface area contributed by atoms with Gasteiger partial charge < -0.3 is 10.6 Å². The van der Waals surface area contributed by atoms with Gasteiger partial charge in [0.15, 0.2) is 0 Å². The number of urea groups is 1. The third kappa shape index (κ3) is 3.74. The number of nitrogens with zero attached hydrogens (tertiary/aromatic N) is 5. The molecule has 2 aromatic heterocycles. The first-order valence-corrected chi connectivity index (χ1v) is 6.24. The van der Waals surface area contributed by atoms with Gasteiger partial charge in [0.25, 0.3) is 0 Å². The van der Waals surface area contributed by atoms with E-state index in [4.69, 9.17) is 0 Å². The molecule has 0 spiro atoms. The maximum absolute atomic E-state index is 12.7. The van der Waals surface area contributed by atoms with Crippen molar-refractivity contribution in [3.05, 3.63) is 29.3 Å². The van der Waals surface area contributed by atoms with Gasteiger partial charge >= 0.3 is 12.2 Å². The molecule has 0 saturated carbocycles. The lowest BCUT2D eigenvalue weighted by Crippen LogP contribution is -2.32. The molecule has 0 aliphatic carbocycles. The zero-order valence-corrected chi connectivity index (χ0v) is 11.8. The summed E-state index contributed by atoms with van der Waals surface area (Å²) in [4.78, 5) is 11.0. The van der Waals surface area contributed by atoms with Crippen LogP contribution in [-0.2, 0) is 26.3 Å². The summed E-state index contributed by atoms with van der Waals surface area (Å²) in [5, 5.41) is 16.3. The maximum atomic E-state index is 12.7. The number of carbonyl (C=O) groups is 1. The Hall–Kier alpha value is -2.59. The van der Waals surface area contributed by atoms with E-state index in [2.05, 4.69) is 26.0 Å². The van der Waals surface area contributed by atoms with Crippen molar-refractivity contribution in [2.45, 2.75) is 19.3 Å². The van der Waals surface area contributed by atoms with E-state index in [-0.39, 0.29) is 24.8 Å². The highest BCUT2D eigenvalue weighted by Gasteiger charge is 2.34. The van der Waals surface area contributed by atoms with E-state index in [1.807, 2.05) is 0 Å². The van der Waals surface area contributed by atoms with Crippen LogP contribution in [0.1, 0.15) is 17.1 Å². The van der Waals surface area contributed by atoms with Crippen molar-refractivity contribution in [2.24, 2.45) is 7.05 Å². The highest BCUT2D eigenvalue weighted by atomic mass is 19.4. The second kappa shape index (κ2) is 6.03. The average Bonchev–Trinajstić information content (AvgIpc) is 3.02. The smallest absolute Gasteiger partial charge is 0.341 e. The van der Waals surface area contributed by atoms with Gasteiger partial charge in [-0.2, -0.15) is 18.3 Å². The van der Waals surface area contributed by atoms with Crippen LogP contribution in [0.15, 0.2) is 12.3 Å². The normalized spacial score (nSPS) is 11.5. The number of alkyl halides is 3. The van der Waals surface area contributed by atoms with Crippen molar-refractivity contribution in [1.82, 2.24) is 35.4 Å². The van der Waals surface area contributed by atoms with E-state index in [9.17, 15) is 18.0 Å². The Balaban J connectivity index is 2.03. The van der Waals surface area contributed by atoms with Gasteiger partial charge in [-0.15, -0.1) is 5.10 Å². The van der Waals surface area contributed by atoms with Crippen LogP contribution in [0.2, 0.25) is 0 Å². The molecule has 2 amide bonds. The molecule has 0 atom stereocenters. The topological polar surface area (TPSA) is 89.7 Å². The number of amides is 2. The van der Waals surface area contributed by atoms with Crippen LogP contribution < -0.4 is 10.6 Å². The van der Waals surface area contributed by atoms with E-state index in [1.165, 1.54) is 25.0 Å². The minimum atomic E-state index is -4.45. The SMILES string of the molecule is CNC(=O)NCc1cn(Cc2cc(C(F)(F)F)n(C)n2)nn1. The van der Waals surface area contributed by atoms with Gasteiger partial charge in [-0.25, -0.2) is 9.48 Å². The second-order valence-corrected chi connectivity index (χ2v) is 4.48. The predicted octanol–water partition coefficient (Wildman–Crippen LogP) is 0.508. The van der Waals surface area contributed by atoms with Crippen LogP contribution in [0.4, 0.5) is 18.0 Å². The van der Waals surface area contributed by atoms with Crippen LogP contribution in [0, 0.1) is 0 Å². The Labute approximate surface area is 123 Å². The second-order valence-electron chi connectivity index (χ2n) is 4.48. The number of hydrogen-bond acceptors (Lipinski definition) is 4. The number of halogens is 3. The molecule has 0 aromatic carbocycles. The van der Waals surface area contributed by atoms with Gasteiger partial charge in [-0.3, -0.25) is 4.68 Å². The predicted molar refractivity (Wildman–Crippen MR) is 68.6 cm³/mol. The first-order valence-electron chi connectivity index (χ1n) is 6.24. The van der Waals surface area contributed by atoms with Gasteiger partial charge in [0.1, 0.15) is 11.4 Å². The Morgan fingerprint density at radius 1 is 1.36 bits per heavy atom. The minimum Gasteiger partial charge on any atom is -0.341 e. The molecule has 2 heterocycles. The van der Waals surface area contributed by atoms with Gasteiger partial charge in [0.2, 0.25) is 0 Å². The maximum Gasteiger partial charge on any atom is 0.433 e. The van der Waals surface area contributed by atoms with Crippen molar-refractivity contribution in [3.63, 3.8) is 0 Å². The summed E-state index contributed by atoms with van der Waals surface area (Å²) in [6.45, 7) is 0.215. The van der Waals surface area contributed by atoms with Crippen molar-refractivity contribution in [3.8, 4) is 0 Å². The summed E-state index contributed by atoms with van der Waals surface area (Å²) in [5.41, 5.74) is -0.134. The molecule has 8 nitrogen and oxygen atoms in total. The summed E-state index contributed by atoms with van der Waals surface area (Å²) in [6.07, 6.45) is -2.93. The molecular formula is C11H14F3N7O. The summed E-state index contributed by atoms with van der Waals surface area (Å²) in [6, 6.07) is 0.596. The molecule has 0 fully saturated rings. The third-order valence-electron chi connectivity index (χ3n) is 2.79. The highest BCUT2D eigenvalue weighted by molar-refractivity contribution is 5.73. The summed E-state index contributed by atoms with van der Waals surface area (Å²) in [5.74, 6) is 0. The molecule has 0 saturated heterocycles. The zero-order chi connectivity index (χ0) is 16.3. The Kier molecular flexibility index (Phi) is 4.33. The van der Waals surface area contributed by atoms with Crippen molar-refractivity contribution in [1.29, 1.82) is 0 Å². The van der Waals surface area contributed by atoms with Gasteiger partial charge in [0.05, 0.1) is 25.0 Å². The van der Waals surface area contributed by atoms with Crippen molar-refractivity contribution in [2.75, 3.05) is 7.05 Å². The molecule has 22 heavy (non-hydrogen) atoms. The first kappa shape index (κ1) is 15.8. The monoisotopic (exact) mass is 317 g/mol. The standard InChI is InChI=1S/C11H14F3N7O/c1-15-10(22)16-4-8-6-21(19-17-8)5-7-3-9(11(12,13)14)20(2)18-7/h3,6H,4-5H2,1-2H3,(H2,15,16,22). The molecule has 0 aliphatic heterocycles. The zero-order valence-electron chi connectivity index (χ0n) is 11.8. The lowest BCUT2D eigenvalue weighted by molar-refractivity contribution is -0.143. The largest absolute Gasteiger partial charge is 0.433 e. The number of rotatable bonds is 4. The van der Waals surface area contributed by atoms with Crippen LogP contribution in [0.25, 0.3) is 0 Å². The quantitative estimate of drug-likeness (QED) is 0.860. The summed E-state index contributed by atoms with van der Waals surface area (Å²) < 4.78 is 40.1. The third-order valence-corrected chi connectivity index (χ3v) is 2.79. The van der Waals surface area contributed by atoms with Gasteiger partial charge in [-0.05, 0) is 6.07 Å². The highest BCUT2D eigenvalue weighted by Crippen LogP contribution is 2.29. The van der Waals surface area contributed by atoms with E-state index >= 15 is 0 Å². The number of aryl methyl sites for hydroxylation is 1. The van der Waals surface area contributed by atoms with Crippen LogP contribution >= 0.6 is 0 Å². The van der Waals surface area contributed by atoms with Crippen molar-refractivity contribution >= 4 is 6.03 Å². The molecule has 2 N–H and O–H groups in total. The number of aromatic nitrogens is 5. The Morgan fingerprint density at radius 2 is 2.09 bits per heavy atom. The molecule has 0 aliphatic rings. The number of carbonyl (C=O) groups excluding carboxylic acids is 1. The van der Waals surface area contributed by atoms with Gasteiger partial charge in [-0.1, -0.05) is 5.21 Å². The molecule has 120 valence electrons. The number of hydrogen-bond donors (Lipinski definition) is 2. The van der Waals surface area contributed by atoms with E-state index in [1.54, 1.807) is 0 Å². The Bertz CT molecular complexity index is 661. The molecule has 0 bridgehead atoms. The molecule has 0 radical (unpaired) electrons. The first-order chi connectivity index (χ1) is 10.3. The number of nitrogens with one attached hydrogen (secondary N) is 2. The molecule has 0 unspecified atom stereocenters. The van der Waals surface area contributed by atoms with Gasteiger partial charge in [0, 0.05) is 14.1 Å². The molecular weight excluding hydrogens is 303 g/mol. The Morgan fingerprint density at radius 3 is 2.68 bits per heavy atom. The molecule has 11 heteroatoms. The van der Waals surface area contributed by atoms with E-state index in [0.717, 1.165) is 10.7 Å². The minimum absolute atomic E-state index is 0.0525. The fourth-order valence-electron chi connectivity index (χ4n) is 1.79. The van der Waals surface area contributed by atoms with Crippen LogP contribution in [0.3, 0.4) is 0 Å². The summed E-state index contributed by atoms with van der Waals surface area (Å²) >= 11 is 0. The fraction of sp³-hybridized carbons (Fsp3) is 0.455. The fourth-order valence-corrected chi connectivity index (χ4v) is 1.79.